The van der Waals surface area contributed by atoms with Gasteiger partial charge in [0.1, 0.15) is 36.1 Å². The van der Waals surface area contributed by atoms with Crippen LogP contribution >= 0.6 is 0 Å². The number of aliphatic hydroxyl groups is 7. The van der Waals surface area contributed by atoms with Gasteiger partial charge in [-0.25, -0.2) is 9.48 Å². The molecule has 0 saturated carbocycles. The van der Waals surface area contributed by atoms with E-state index in [0.29, 0.717) is 56.0 Å². The summed E-state index contributed by atoms with van der Waals surface area (Å²) in [6.45, 7) is 23.9. The van der Waals surface area contributed by atoms with Crippen LogP contribution in [-0.4, -0.2) is 240 Å². The van der Waals surface area contributed by atoms with Crippen LogP contribution in [0.4, 0.5) is 10.5 Å². The molecule has 4 saturated heterocycles. The van der Waals surface area contributed by atoms with Gasteiger partial charge in [0.15, 0.2) is 12.6 Å². The normalized spacial score (nSPS) is 38.8. The van der Waals surface area contributed by atoms with Crippen molar-refractivity contribution in [2.75, 3.05) is 65.4 Å². The first-order valence-electron chi connectivity index (χ1n) is 29.3. The number of ether oxygens (including phenoxy) is 7. The molecule has 4 aliphatic heterocycles. The topological polar surface area (TPSA) is 284 Å². The number of anilines is 1. The Hall–Kier alpha value is -3.50. The number of aromatic nitrogens is 3. The van der Waals surface area contributed by atoms with Crippen LogP contribution in [0.2, 0.25) is 0 Å². The van der Waals surface area contributed by atoms with E-state index in [9.17, 15) is 45.3 Å². The summed E-state index contributed by atoms with van der Waals surface area (Å²) in [5.74, 6) is -2.88. The highest BCUT2D eigenvalue weighted by molar-refractivity contribution is 5.89. The number of cyclic esters (lactones) is 2. The molecular formula is C58H99N7O16. The van der Waals surface area contributed by atoms with E-state index in [0.717, 1.165) is 0 Å². The summed E-state index contributed by atoms with van der Waals surface area (Å²) < 4.78 is 45.7. The van der Waals surface area contributed by atoms with Gasteiger partial charge in [0.2, 0.25) is 0 Å². The van der Waals surface area contributed by atoms with E-state index in [4.69, 9.17) is 33.2 Å². The van der Waals surface area contributed by atoms with Crippen molar-refractivity contribution in [2.45, 2.75) is 230 Å². The number of esters is 1. The first kappa shape index (κ1) is 66.6. The third kappa shape index (κ3) is 15.5. The second kappa shape index (κ2) is 28.1. The Kier molecular flexibility index (Phi) is 23.1. The molecule has 4 aliphatic rings. The van der Waals surface area contributed by atoms with Gasteiger partial charge in [0.25, 0.3) is 0 Å². The number of methoxy groups -OCH3 is 1. The maximum Gasteiger partial charge on any atom is 0.414 e. The zero-order valence-electron chi connectivity index (χ0n) is 50.7. The highest BCUT2D eigenvalue weighted by Crippen LogP contribution is 2.41. The molecule has 5 heterocycles. The number of carbonyl (C=O) groups excluding carboxylic acids is 2. The van der Waals surface area contributed by atoms with E-state index in [1.54, 1.807) is 83.6 Å². The van der Waals surface area contributed by atoms with Crippen molar-refractivity contribution in [2.24, 2.45) is 17.8 Å². The molecule has 7 N–H and O–H groups in total. The van der Waals surface area contributed by atoms with Gasteiger partial charge < -0.3 is 78.7 Å². The molecule has 0 radical (unpaired) electrons. The number of hydrogen-bond acceptors (Lipinski definition) is 21. The average Bonchev–Trinajstić information content (AvgIpc) is 4.11. The summed E-state index contributed by atoms with van der Waals surface area (Å²) in [5, 5.41) is 89.8. The van der Waals surface area contributed by atoms with Crippen LogP contribution in [0.3, 0.4) is 0 Å². The van der Waals surface area contributed by atoms with Crippen molar-refractivity contribution in [1.29, 1.82) is 0 Å². The van der Waals surface area contributed by atoms with Gasteiger partial charge in [-0.05, 0) is 119 Å². The van der Waals surface area contributed by atoms with Crippen molar-refractivity contribution in [3.05, 3.63) is 41.7 Å². The summed E-state index contributed by atoms with van der Waals surface area (Å²) in [4.78, 5) is 35.1. The van der Waals surface area contributed by atoms with E-state index >= 15 is 0 Å². The molecule has 462 valence electrons. The number of nitrogens with zero attached hydrogens (tertiary/aromatic N) is 7. The molecule has 1 unspecified atom stereocenters. The maximum atomic E-state index is 14.5. The molecule has 1 amide bonds. The fraction of sp³-hybridized carbons (Fsp3) is 0.828. The van der Waals surface area contributed by atoms with Gasteiger partial charge in [-0.2, -0.15) is 0 Å². The monoisotopic (exact) mass is 1150 g/mol. The van der Waals surface area contributed by atoms with Crippen molar-refractivity contribution in [1.82, 2.24) is 29.7 Å². The summed E-state index contributed by atoms with van der Waals surface area (Å²) in [6, 6.07) is 5.50. The SMILES string of the molecule is CC[C@H]1OC(=O)[C@H](C)[C@@H](O[C@@H]2C[C@@](C)(OC)[C@@H](O)[C@H](C)O2)[C@H](C)[C@@H](O[C@@H]2O[C@H](C)C[C@H](N(C)CCc3cn(CC4CN(c5ccc([C@H](O)[C@@H](CO)N(CC)CC)cc5)C(=O)O4)nn3)[C@H]2O)[C@](C)(O)C[C@@H](C)CN(C)[C@H](C)[C@@H](O)[C@]1(C)O. The molecule has 0 bridgehead atoms. The highest BCUT2D eigenvalue weighted by atomic mass is 16.7. The van der Waals surface area contributed by atoms with E-state index in [1.165, 1.54) is 18.9 Å². The smallest absolute Gasteiger partial charge is 0.414 e. The van der Waals surface area contributed by atoms with E-state index < -0.39 is 132 Å². The summed E-state index contributed by atoms with van der Waals surface area (Å²) in [6.07, 6.45) is -9.14. The minimum absolute atomic E-state index is 0.0814. The molecule has 6 rings (SSSR count). The largest absolute Gasteiger partial charge is 0.459 e. The van der Waals surface area contributed by atoms with Gasteiger partial charge in [-0.1, -0.05) is 52.0 Å². The first-order chi connectivity index (χ1) is 38.0. The number of benzene rings is 1. The van der Waals surface area contributed by atoms with Crippen LogP contribution in [0, 0.1) is 17.8 Å². The summed E-state index contributed by atoms with van der Waals surface area (Å²) in [5.41, 5.74) is -2.68. The molecule has 81 heavy (non-hydrogen) atoms. The highest BCUT2D eigenvalue weighted by Gasteiger charge is 2.53. The Bertz CT molecular complexity index is 2290. The second-order valence-electron chi connectivity index (χ2n) is 24.5. The van der Waals surface area contributed by atoms with Gasteiger partial charge in [-0.15, -0.1) is 5.10 Å². The van der Waals surface area contributed by atoms with Gasteiger partial charge in [0, 0.05) is 62.9 Å². The van der Waals surface area contributed by atoms with Gasteiger partial charge in [-0.3, -0.25) is 14.6 Å². The quantitative estimate of drug-likeness (QED) is 0.0996. The Balaban J connectivity index is 1.18. The minimum Gasteiger partial charge on any atom is -0.459 e. The predicted molar refractivity (Wildman–Crippen MR) is 300 cm³/mol. The molecule has 23 heteroatoms. The summed E-state index contributed by atoms with van der Waals surface area (Å²) >= 11 is 0. The number of amides is 1. The van der Waals surface area contributed by atoms with E-state index in [-0.39, 0.29) is 44.9 Å². The average molecular weight is 1150 g/mol. The Morgan fingerprint density at radius 1 is 0.901 bits per heavy atom. The van der Waals surface area contributed by atoms with Crippen molar-refractivity contribution < 1.29 is 78.5 Å². The molecular weight excluding hydrogens is 1050 g/mol. The van der Waals surface area contributed by atoms with Crippen LogP contribution in [0.5, 0.6) is 0 Å². The number of aliphatic hydroxyl groups excluding tert-OH is 5. The molecule has 1 aromatic heterocycles. The zero-order chi connectivity index (χ0) is 60.1. The standard InChI is InChI=1S/C58H99N7O16/c1-16-45-58(12,74)50(69)37(8)62(14)28-33(4)26-56(10,73)52(35(6)49(36(7)53(71)79-45)80-46-27-57(11,75-15)51(70)38(9)77-46)81-54-48(68)43(25-34(5)76-54)61(13)24-23-40-29-64(60-59-40)30-42-31-65(55(72)78-42)41-21-19-39(20-22-41)47(67)44(32-66)63(17-2)18-3/h19-22,29,33-38,42-52,54,66-70,73-74H,16-18,23-28,30-32H2,1-15H3/t33-,34-,35+,36-,37-,38+,42?,43+,44-,45-,46-,47+,48-,49+,50-,51+,52-,54+,56-,57-,58-/m1/s1. The molecule has 2 aromatic rings. The van der Waals surface area contributed by atoms with Crippen LogP contribution in [0.25, 0.3) is 0 Å². The van der Waals surface area contributed by atoms with Crippen molar-refractivity contribution in [3.8, 4) is 0 Å². The van der Waals surface area contributed by atoms with E-state index in [2.05, 4.69) is 10.3 Å². The van der Waals surface area contributed by atoms with Crippen LogP contribution in [0.1, 0.15) is 126 Å². The molecule has 21 atom stereocenters. The predicted octanol–water partition coefficient (Wildman–Crippen LogP) is 2.87. The Morgan fingerprint density at radius 2 is 1.57 bits per heavy atom. The van der Waals surface area contributed by atoms with Gasteiger partial charge >= 0.3 is 12.1 Å². The number of likely N-dealkylation sites (N-methyl/N-ethyl adjacent to an activating group) is 3. The van der Waals surface area contributed by atoms with Crippen molar-refractivity contribution in [3.63, 3.8) is 0 Å². The lowest BCUT2D eigenvalue weighted by atomic mass is 9.77. The van der Waals surface area contributed by atoms with E-state index in [1.807, 2.05) is 56.5 Å². The molecule has 4 fully saturated rings. The van der Waals surface area contributed by atoms with Crippen LogP contribution in [0.15, 0.2) is 30.5 Å². The molecule has 0 spiro atoms. The first-order valence-corrected chi connectivity index (χ1v) is 29.3. The van der Waals surface area contributed by atoms with Crippen molar-refractivity contribution >= 4 is 17.7 Å². The lowest BCUT2D eigenvalue weighted by Gasteiger charge is -2.49. The Labute approximate surface area is 479 Å². The third-order valence-corrected chi connectivity index (χ3v) is 18.1. The lowest BCUT2D eigenvalue weighted by molar-refractivity contribution is -0.318. The fourth-order valence-corrected chi connectivity index (χ4v) is 12.9. The van der Waals surface area contributed by atoms with Gasteiger partial charge in [0.05, 0.1) is 79.1 Å². The molecule has 1 aromatic carbocycles. The Morgan fingerprint density at radius 3 is 2.19 bits per heavy atom. The zero-order valence-corrected chi connectivity index (χ0v) is 50.7. The summed E-state index contributed by atoms with van der Waals surface area (Å²) in [7, 11) is 5.22. The fourth-order valence-electron chi connectivity index (χ4n) is 12.9. The molecule has 0 aliphatic carbocycles. The third-order valence-electron chi connectivity index (χ3n) is 18.1. The lowest BCUT2D eigenvalue weighted by Crippen LogP contribution is -2.61. The van der Waals surface area contributed by atoms with Crippen LogP contribution < -0.4 is 4.90 Å². The number of carbonyl (C=O) groups is 2. The minimum atomic E-state index is -1.86. The van der Waals surface area contributed by atoms with Crippen LogP contribution in [-0.2, 0) is 50.9 Å². The number of hydrogen-bond donors (Lipinski definition) is 7. The number of rotatable bonds is 19. The second-order valence-corrected chi connectivity index (χ2v) is 24.5. The molecule has 23 nitrogen and oxygen atoms in total. The maximum absolute atomic E-state index is 14.5.